The van der Waals surface area contributed by atoms with E-state index in [-0.39, 0.29) is 31.8 Å². The minimum absolute atomic E-state index is 0.0891. The van der Waals surface area contributed by atoms with Crippen LogP contribution in [0.25, 0.3) is 0 Å². The summed E-state index contributed by atoms with van der Waals surface area (Å²) in [6.07, 6.45) is -7.13. The quantitative estimate of drug-likeness (QED) is 0.0720. The second-order valence-corrected chi connectivity index (χ2v) is 18.2. The SMILES string of the molecule is CC(=O)O[C@@]12CO[C@@H]1C[C@H](O)[C@@]1(C)C(=O)C(=O)C3C(C)[C@@H](OC(=O)[C@H](OC(=O)COCCOCCCS)[C@@H](C)c4ccccc4)C[C@@](O)([C@@H](OC(=O)c4ccccc4)[C@H]21)C3(C)C. The maximum Gasteiger partial charge on any atom is 0.348 e. The van der Waals surface area contributed by atoms with E-state index in [0.29, 0.717) is 17.9 Å². The number of aliphatic hydroxyl groups is 2. The summed E-state index contributed by atoms with van der Waals surface area (Å²) in [7, 11) is 0. The zero-order valence-corrected chi connectivity index (χ0v) is 36.9. The van der Waals surface area contributed by atoms with Gasteiger partial charge in [-0.3, -0.25) is 14.4 Å². The minimum atomic E-state index is -2.33. The fourth-order valence-electron chi connectivity index (χ4n) is 10.3. The summed E-state index contributed by atoms with van der Waals surface area (Å²) >= 11 is 4.15. The lowest BCUT2D eigenvalue weighted by molar-refractivity contribution is -0.350. The summed E-state index contributed by atoms with van der Waals surface area (Å²) in [4.78, 5) is 84.7. The third kappa shape index (κ3) is 8.58. The van der Waals surface area contributed by atoms with Crippen molar-refractivity contribution < 1.29 is 72.1 Å². The van der Waals surface area contributed by atoms with Gasteiger partial charge in [-0.05, 0) is 36.8 Å². The highest BCUT2D eigenvalue weighted by Crippen LogP contribution is 2.64. The van der Waals surface area contributed by atoms with Crippen LogP contribution < -0.4 is 0 Å². The summed E-state index contributed by atoms with van der Waals surface area (Å²) < 4.78 is 41.1. The van der Waals surface area contributed by atoms with Crippen LogP contribution in [0.5, 0.6) is 0 Å². The number of benzene rings is 2. The number of ketones is 2. The zero-order valence-electron chi connectivity index (χ0n) is 36.0. The van der Waals surface area contributed by atoms with Crippen molar-refractivity contribution in [3.8, 4) is 0 Å². The molecule has 6 rings (SSSR count). The lowest BCUT2D eigenvalue weighted by Crippen LogP contribution is -2.82. The molecule has 2 aromatic carbocycles. The fourth-order valence-corrected chi connectivity index (χ4v) is 10.4. The molecule has 1 heterocycles. The first-order chi connectivity index (χ1) is 29.3. The monoisotopic (exact) mass is 882 g/mol. The second kappa shape index (κ2) is 18.9. The summed E-state index contributed by atoms with van der Waals surface area (Å²) in [5.41, 5.74) is -7.00. The Morgan fingerprint density at radius 3 is 2.19 bits per heavy atom. The molecule has 4 fully saturated rings. The van der Waals surface area contributed by atoms with E-state index in [2.05, 4.69) is 12.6 Å². The molecule has 12 atom stereocenters. The van der Waals surface area contributed by atoms with Crippen molar-refractivity contribution in [2.24, 2.45) is 28.6 Å². The molecular formula is C46H58O15S. The number of hydrogen-bond donors (Lipinski definition) is 3. The van der Waals surface area contributed by atoms with E-state index in [9.17, 15) is 39.0 Å². The minimum Gasteiger partial charge on any atom is -0.459 e. The Labute approximate surface area is 366 Å². The molecule has 0 radical (unpaired) electrons. The van der Waals surface area contributed by atoms with Crippen LogP contribution in [-0.4, -0.2) is 126 Å². The molecule has 15 nitrogen and oxygen atoms in total. The van der Waals surface area contributed by atoms with E-state index < -0.39 is 125 Å². The van der Waals surface area contributed by atoms with Gasteiger partial charge in [0.05, 0.1) is 42.8 Å². The van der Waals surface area contributed by atoms with Crippen molar-refractivity contribution in [2.45, 2.75) is 108 Å². The smallest absolute Gasteiger partial charge is 0.348 e. The second-order valence-electron chi connectivity index (χ2n) is 17.8. The molecule has 338 valence electrons. The maximum absolute atomic E-state index is 15.0. The number of esters is 4. The number of thiol groups is 1. The molecule has 3 saturated carbocycles. The number of carbonyl (C=O) groups is 6. The van der Waals surface area contributed by atoms with Crippen molar-refractivity contribution in [3.63, 3.8) is 0 Å². The van der Waals surface area contributed by atoms with Crippen molar-refractivity contribution in [2.75, 3.05) is 38.8 Å². The van der Waals surface area contributed by atoms with Gasteiger partial charge in [0.1, 0.15) is 30.5 Å². The van der Waals surface area contributed by atoms with Crippen LogP contribution in [0.3, 0.4) is 0 Å². The lowest BCUT2D eigenvalue weighted by Gasteiger charge is -2.67. The predicted octanol–water partition coefficient (Wildman–Crippen LogP) is 3.85. The van der Waals surface area contributed by atoms with E-state index in [4.69, 9.17) is 33.2 Å². The fraction of sp³-hybridized carbons (Fsp3) is 0.609. The summed E-state index contributed by atoms with van der Waals surface area (Å²) in [6.45, 7) is 8.97. The molecule has 0 amide bonds. The Bertz CT molecular complexity index is 1980. The van der Waals surface area contributed by atoms with Crippen LogP contribution in [-0.2, 0) is 57.1 Å². The molecule has 1 saturated heterocycles. The van der Waals surface area contributed by atoms with Gasteiger partial charge in [-0.2, -0.15) is 12.6 Å². The molecule has 2 bridgehead atoms. The number of rotatable bonds is 16. The Hall–Kier alpha value is -4.19. The predicted molar refractivity (Wildman–Crippen MR) is 223 cm³/mol. The third-order valence-electron chi connectivity index (χ3n) is 13.8. The molecule has 4 aliphatic rings. The normalized spacial score (nSPS) is 33.2. The van der Waals surface area contributed by atoms with Crippen molar-refractivity contribution in [3.05, 3.63) is 71.8 Å². The number of hydrogen-bond acceptors (Lipinski definition) is 16. The molecule has 0 spiro atoms. The molecular weight excluding hydrogens is 825 g/mol. The van der Waals surface area contributed by atoms with Gasteiger partial charge in [0.15, 0.2) is 5.60 Å². The van der Waals surface area contributed by atoms with E-state index in [1.165, 1.54) is 19.1 Å². The highest BCUT2D eigenvalue weighted by molar-refractivity contribution is 7.80. The highest BCUT2D eigenvalue weighted by Gasteiger charge is 2.79. The Morgan fingerprint density at radius 1 is 0.935 bits per heavy atom. The van der Waals surface area contributed by atoms with E-state index in [1.54, 1.807) is 76.2 Å². The summed E-state index contributed by atoms with van der Waals surface area (Å²) in [5, 5.41) is 25.4. The van der Waals surface area contributed by atoms with Gasteiger partial charge in [-0.25, -0.2) is 14.4 Å². The lowest BCUT2D eigenvalue weighted by atomic mass is 9.42. The van der Waals surface area contributed by atoms with Crippen LogP contribution in [0.2, 0.25) is 0 Å². The van der Waals surface area contributed by atoms with E-state index >= 15 is 0 Å². The Morgan fingerprint density at radius 2 is 1.58 bits per heavy atom. The Balaban J connectivity index is 1.40. The number of carbonyl (C=O) groups excluding carboxylic acids is 6. The van der Waals surface area contributed by atoms with Gasteiger partial charge >= 0.3 is 23.9 Å². The van der Waals surface area contributed by atoms with Gasteiger partial charge in [-0.1, -0.05) is 76.2 Å². The van der Waals surface area contributed by atoms with Crippen LogP contribution in [0.15, 0.2) is 60.7 Å². The average molecular weight is 883 g/mol. The topological polar surface area (TPSA) is 207 Å². The number of Topliss-reactive ketones (excluding diaryl/α,β-unsaturated/α-hetero) is 2. The number of aliphatic hydroxyl groups excluding tert-OH is 1. The highest BCUT2D eigenvalue weighted by atomic mass is 32.1. The van der Waals surface area contributed by atoms with Gasteiger partial charge in [-0.15, -0.1) is 0 Å². The summed E-state index contributed by atoms with van der Waals surface area (Å²) in [5.74, 6) is -9.47. The molecule has 2 unspecified atom stereocenters. The van der Waals surface area contributed by atoms with Crippen molar-refractivity contribution in [1.82, 2.24) is 0 Å². The molecule has 0 aromatic heterocycles. The standard InChI is InChI=1S/C46H58O15S/c1-26(29-14-9-7-10-15-29)37(59-34(49)24-56-20-19-55-18-13-21-62)42(53)58-31-23-46(54)40(60-41(52)30-16-11-8-12-17-30)38-44(6,39(51)36(50)35(27(31)2)43(46,4)5)32(48)22-33-45(38,25-57-33)61-28(3)47/h7-12,14-17,26-27,31-33,35,37-38,40,48,54,62H,13,18-25H2,1-6H3/t26-,27?,31-,32-,33+,35?,37+,38-,40-,44+,45-,46+/m0/s1. The number of fused-ring (bicyclic) bond motifs is 5. The molecule has 2 aromatic rings. The first-order valence-corrected chi connectivity index (χ1v) is 21.8. The van der Waals surface area contributed by atoms with Gasteiger partial charge in [0.25, 0.3) is 0 Å². The molecule has 62 heavy (non-hydrogen) atoms. The van der Waals surface area contributed by atoms with Crippen LogP contribution in [0.1, 0.15) is 82.6 Å². The third-order valence-corrected chi connectivity index (χ3v) is 14.1. The largest absolute Gasteiger partial charge is 0.459 e. The van der Waals surface area contributed by atoms with Gasteiger partial charge in [0, 0.05) is 49.5 Å². The first kappa shape index (κ1) is 47.3. The van der Waals surface area contributed by atoms with Crippen LogP contribution >= 0.6 is 12.6 Å². The van der Waals surface area contributed by atoms with Crippen molar-refractivity contribution >= 4 is 48.1 Å². The van der Waals surface area contributed by atoms with E-state index in [0.717, 1.165) is 13.3 Å². The molecule has 3 aliphatic carbocycles. The van der Waals surface area contributed by atoms with Crippen LogP contribution in [0.4, 0.5) is 0 Å². The first-order valence-electron chi connectivity index (χ1n) is 21.1. The van der Waals surface area contributed by atoms with Gasteiger partial charge < -0.3 is 43.4 Å². The van der Waals surface area contributed by atoms with Gasteiger partial charge in [0.2, 0.25) is 17.7 Å². The summed E-state index contributed by atoms with van der Waals surface area (Å²) in [6, 6.07) is 16.7. The van der Waals surface area contributed by atoms with Crippen molar-refractivity contribution in [1.29, 1.82) is 0 Å². The Kier molecular flexibility index (Phi) is 14.4. The van der Waals surface area contributed by atoms with E-state index in [1.807, 2.05) is 0 Å². The molecule has 1 aliphatic heterocycles. The molecule has 16 heteroatoms. The van der Waals surface area contributed by atoms with Crippen LogP contribution in [0, 0.1) is 28.6 Å². The number of ether oxygens (including phenoxy) is 7. The zero-order chi connectivity index (χ0) is 45.2. The average Bonchev–Trinajstić information content (AvgIpc) is 3.24. The molecule has 2 N–H and O–H groups in total. The maximum atomic E-state index is 15.0.